The lowest BCUT2D eigenvalue weighted by molar-refractivity contribution is -0.283. The lowest BCUT2D eigenvalue weighted by Gasteiger charge is -2.64. The Labute approximate surface area is 256 Å². The first-order chi connectivity index (χ1) is 20.2. The van der Waals surface area contributed by atoms with Crippen molar-refractivity contribution < 1.29 is 28.5 Å². The normalized spacial score (nSPS) is 33.6. The summed E-state index contributed by atoms with van der Waals surface area (Å²) in [5.74, 6) is 0.225. The SMILES string of the molecule is C=C(C)C(=O)OC12CC3CC(OCCCCCC4(CCC)COC4)(CC(OCCCCCC4(CCC)COC4)(C3)C1)C2. The van der Waals surface area contributed by atoms with E-state index < -0.39 is 5.60 Å². The summed E-state index contributed by atoms with van der Waals surface area (Å²) in [5, 5.41) is 0. The molecule has 0 aromatic rings. The van der Waals surface area contributed by atoms with Crippen molar-refractivity contribution in [1.29, 1.82) is 0 Å². The molecule has 0 radical (unpaired) electrons. The molecule has 240 valence electrons. The summed E-state index contributed by atoms with van der Waals surface area (Å²) in [6.07, 6.45) is 20.3. The molecule has 42 heavy (non-hydrogen) atoms. The number of esters is 1. The molecule has 2 aliphatic heterocycles. The first kappa shape index (κ1) is 32.4. The van der Waals surface area contributed by atoms with Crippen molar-refractivity contribution >= 4 is 5.97 Å². The van der Waals surface area contributed by atoms with Crippen LogP contribution in [0.3, 0.4) is 0 Å². The second kappa shape index (κ2) is 13.6. The fourth-order valence-corrected chi connectivity index (χ4v) is 9.70. The average Bonchev–Trinajstić information content (AvgIpc) is 2.88. The van der Waals surface area contributed by atoms with Gasteiger partial charge in [0.1, 0.15) is 5.60 Å². The summed E-state index contributed by atoms with van der Waals surface area (Å²) >= 11 is 0. The first-order valence-corrected chi connectivity index (χ1v) is 17.5. The van der Waals surface area contributed by atoms with E-state index in [2.05, 4.69) is 20.4 Å². The monoisotopic (exact) mass is 588 g/mol. The summed E-state index contributed by atoms with van der Waals surface area (Å²) in [5.41, 5.74) is 0.408. The van der Waals surface area contributed by atoms with Gasteiger partial charge < -0.3 is 23.7 Å². The van der Waals surface area contributed by atoms with Gasteiger partial charge in [-0.25, -0.2) is 4.79 Å². The third-order valence-electron chi connectivity index (χ3n) is 11.3. The third kappa shape index (κ3) is 7.46. The fourth-order valence-electron chi connectivity index (χ4n) is 9.70. The van der Waals surface area contributed by atoms with Crippen LogP contribution in [0.1, 0.15) is 136 Å². The number of carbonyl (C=O) groups excluding carboxylic acids is 1. The van der Waals surface area contributed by atoms with Crippen molar-refractivity contribution in [3.63, 3.8) is 0 Å². The summed E-state index contributed by atoms with van der Waals surface area (Å²) in [7, 11) is 0. The maximum atomic E-state index is 12.8. The number of hydrogen-bond donors (Lipinski definition) is 0. The average molecular weight is 589 g/mol. The highest BCUT2D eigenvalue weighted by atomic mass is 16.6. The lowest BCUT2D eigenvalue weighted by atomic mass is 9.50. The van der Waals surface area contributed by atoms with Crippen LogP contribution in [0, 0.1) is 16.7 Å². The van der Waals surface area contributed by atoms with Crippen LogP contribution in [0.5, 0.6) is 0 Å². The molecule has 0 spiro atoms. The van der Waals surface area contributed by atoms with Gasteiger partial charge in [-0.05, 0) is 70.6 Å². The molecule has 0 amide bonds. The molecular weight excluding hydrogens is 528 g/mol. The highest BCUT2D eigenvalue weighted by molar-refractivity contribution is 5.87. The van der Waals surface area contributed by atoms with E-state index in [1.54, 1.807) is 6.92 Å². The van der Waals surface area contributed by atoms with E-state index in [1.807, 2.05) is 0 Å². The molecule has 0 aromatic heterocycles. The van der Waals surface area contributed by atoms with Crippen LogP contribution in [0.4, 0.5) is 0 Å². The Morgan fingerprint density at radius 3 is 1.55 bits per heavy atom. The minimum absolute atomic E-state index is 0.239. The first-order valence-electron chi connectivity index (χ1n) is 17.5. The van der Waals surface area contributed by atoms with E-state index in [0.717, 1.165) is 91.0 Å². The fraction of sp³-hybridized carbons (Fsp3) is 0.917. The summed E-state index contributed by atoms with van der Waals surface area (Å²) in [6, 6.07) is 0. The van der Waals surface area contributed by atoms with Crippen LogP contribution in [-0.4, -0.2) is 62.4 Å². The Morgan fingerprint density at radius 2 is 1.14 bits per heavy atom. The molecule has 2 unspecified atom stereocenters. The maximum Gasteiger partial charge on any atom is 0.333 e. The Hall–Kier alpha value is -0.950. The van der Waals surface area contributed by atoms with Crippen LogP contribution in [0.25, 0.3) is 0 Å². The van der Waals surface area contributed by atoms with Gasteiger partial charge in [-0.15, -0.1) is 0 Å². The highest BCUT2D eigenvalue weighted by Crippen LogP contribution is 2.63. The van der Waals surface area contributed by atoms with Crippen molar-refractivity contribution in [3.05, 3.63) is 12.2 Å². The number of ether oxygens (including phenoxy) is 5. The predicted octanol–water partition coefficient (Wildman–Crippen LogP) is 8.11. The molecule has 6 aliphatic rings. The molecule has 0 aromatic carbocycles. The molecule has 6 fully saturated rings. The van der Waals surface area contributed by atoms with Gasteiger partial charge in [0.25, 0.3) is 0 Å². The Kier molecular flexibility index (Phi) is 10.5. The topological polar surface area (TPSA) is 63.2 Å². The lowest BCUT2D eigenvalue weighted by Crippen LogP contribution is -2.68. The van der Waals surface area contributed by atoms with Gasteiger partial charge in [-0.3, -0.25) is 0 Å². The van der Waals surface area contributed by atoms with Crippen molar-refractivity contribution in [2.75, 3.05) is 39.6 Å². The highest BCUT2D eigenvalue weighted by Gasteiger charge is 2.66. The van der Waals surface area contributed by atoms with Crippen LogP contribution < -0.4 is 0 Å². The molecule has 4 saturated carbocycles. The summed E-state index contributed by atoms with van der Waals surface area (Å²) < 4.78 is 31.1. The van der Waals surface area contributed by atoms with Crippen molar-refractivity contribution in [1.82, 2.24) is 0 Å². The van der Waals surface area contributed by atoms with E-state index in [4.69, 9.17) is 23.7 Å². The van der Waals surface area contributed by atoms with Crippen LogP contribution in [-0.2, 0) is 28.5 Å². The molecule has 4 bridgehead atoms. The van der Waals surface area contributed by atoms with Gasteiger partial charge in [0.2, 0.25) is 0 Å². The van der Waals surface area contributed by atoms with E-state index in [1.165, 1.54) is 64.2 Å². The van der Waals surface area contributed by atoms with Crippen LogP contribution in [0.2, 0.25) is 0 Å². The van der Waals surface area contributed by atoms with E-state index in [9.17, 15) is 4.79 Å². The van der Waals surface area contributed by atoms with Gasteiger partial charge in [-0.1, -0.05) is 59.0 Å². The molecule has 6 heteroatoms. The number of hydrogen-bond acceptors (Lipinski definition) is 6. The molecule has 6 rings (SSSR count). The summed E-state index contributed by atoms with van der Waals surface area (Å²) in [4.78, 5) is 12.8. The summed E-state index contributed by atoms with van der Waals surface area (Å²) in [6.45, 7) is 15.5. The standard InChI is InChI=1S/C36H60O6/c1-5-13-32(25-38-26-32)15-9-7-11-17-40-34-19-30-20-35(22-34,24-36(21-30,23-34)42-31(37)29(3)4)41-18-12-8-10-16-33(14-6-2)27-39-28-33/h30H,3,5-28H2,1-2,4H3. The molecular formula is C36H60O6. The number of rotatable bonds is 20. The molecule has 2 saturated heterocycles. The van der Waals surface area contributed by atoms with Crippen LogP contribution in [0.15, 0.2) is 12.2 Å². The van der Waals surface area contributed by atoms with Gasteiger partial charge in [0, 0.05) is 48.9 Å². The van der Waals surface area contributed by atoms with Gasteiger partial charge in [-0.2, -0.15) is 0 Å². The van der Waals surface area contributed by atoms with E-state index in [0.29, 0.717) is 22.3 Å². The van der Waals surface area contributed by atoms with Gasteiger partial charge >= 0.3 is 5.97 Å². The van der Waals surface area contributed by atoms with Crippen molar-refractivity contribution in [2.24, 2.45) is 16.7 Å². The van der Waals surface area contributed by atoms with Gasteiger partial charge in [0.05, 0.1) is 37.6 Å². The third-order valence-corrected chi connectivity index (χ3v) is 11.3. The quantitative estimate of drug-likeness (QED) is 0.0813. The Balaban J connectivity index is 1.13. The van der Waals surface area contributed by atoms with E-state index in [-0.39, 0.29) is 17.2 Å². The second-order valence-electron chi connectivity index (χ2n) is 15.5. The van der Waals surface area contributed by atoms with Gasteiger partial charge in [0.15, 0.2) is 0 Å². The van der Waals surface area contributed by atoms with E-state index >= 15 is 0 Å². The minimum atomic E-state index is -0.483. The second-order valence-corrected chi connectivity index (χ2v) is 15.5. The molecule has 2 atom stereocenters. The molecule has 0 N–H and O–H groups in total. The molecule has 6 nitrogen and oxygen atoms in total. The minimum Gasteiger partial charge on any atom is -0.455 e. The molecule has 2 heterocycles. The Morgan fingerprint density at radius 1 is 0.690 bits per heavy atom. The number of unbranched alkanes of at least 4 members (excludes halogenated alkanes) is 4. The number of carbonyl (C=O) groups is 1. The largest absolute Gasteiger partial charge is 0.455 e. The predicted molar refractivity (Wildman–Crippen MR) is 165 cm³/mol. The zero-order chi connectivity index (χ0) is 29.7. The van der Waals surface area contributed by atoms with Crippen molar-refractivity contribution in [3.8, 4) is 0 Å². The Bertz CT molecular complexity index is 868. The smallest absolute Gasteiger partial charge is 0.333 e. The maximum absolute atomic E-state index is 12.8. The van der Waals surface area contributed by atoms with Crippen molar-refractivity contribution in [2.45, 2.75) is 153 Å². The zero-order valence-corrected chi connectivity index (χ0v) is 27.2. The van der Waals surface area contributed by atoms with Crippen LogP contribution >= 0.6 is 0 Å². The molecule has 4 aliphatic carbocycles. The zero-order valence-electron chi connectivity index (χ0n) is 27.2.